The summed E-state index contributed by atoms with van der Waals surface area (Å²) < 4.78 is 9.90. The molecule has 0 aliphatic carbocycles. The first kappa shape index (κ1) is 48.2. The van der Waals surface area contributed by atoms with Crippen molar-refractivity contribution >= 4 is 52.5 Å². The number of carbonyl (C=O) groups is 6. The summed E-state index contributed by atoms with van der Waals surface area (Å²) >= 11 is 0. The summed E-state index contributed by atoms with van der Waals surface area (Å²) in [4.78, 5) is 84.9. The van der Waals surface area contributed by atoms with Gasteiger partial charge in [-0.15, -0.1) is 0 Å². The lowest BCUT2D eigenvalue weighted by molar-refractivity contribution is -0.143. The second kappa shape index (κ2) is 21.5. The van der Waals surface area contributed by atoms with Gasteiger partial charge in [0.25, 0.3) is 0 Å². The fraction of sp³-hybridized carbons (Fsp3) is 0.500. The van der Waals surface area contributed by atoms with Gasteiger partial charge in [0.05, 0.1) is 0 Å². The third-order valence-corrected chi connectivity index (χ3v) is 11.4. The Morgan fingerprint density at radius 2 is 0.984 bits per heavy atom. The Morgan fingerprint density at radius 3 is 1.33 bits per heavy atom. The molecule has 5 rings (SSSR count). The molecule has 2 saturated heterocycles. The summed E-state index contributed by atoms with van der Waals surface area (Å²) in [5.74, 6) is -1.91. The van der Waals surface area contributed by atoms with E-state index >= 15 is 0 Å². The van der Waals surface area contributed by atoms with Gasteiger partial charge in [-0.1, -0.05) is 84.0 Å². The number of rotatable bonds is 17. The Balaban J connectivity index is 1.21. The second-order valence-electron chi connectivity index (χ2n) is 18.5. The molecule has 2 heterocycles. The zero-order valence-electron chi connectivity index (χ0n) is 38.0. The van der Waals surface area contributed by atoms with Crippen molar-refractivity contribution in [2.45, 2.75) is 104 Å². The third-order valence-electron chi connectivity index (χ3n) is 11.4. The van der Waals surface area contributed by atoms with Gasteiger partial charge in [0.15, 0.2) is 0 Å². The zero-order valence-corrected chi connectivity index (χ0v) is 38.0. The molecule has 2 fully saturated rings. The van der Waals surface area contributed by atoms with Crippen LogP contribution in [0.3, 0.4) is 0 Å². The molecule has 0 aromatic heterocycles. The fourth-order valence-electron chi connectivity index (χ4n) is 8.06. The van der Waals surface area contributed by atoms with Gasteiger partial charge in [-0.2, -0.15) is 0 Å². The van der Waals surface area contributed by atoms with Crippen LogP contribution in [0, 0.1) is 10.8 Å². The lowest BCUT2D eigenvalue weighted by Gasteiger charge is -2.35. The minimum absolute atomic E-state index is 0.163. The molecule has 0 bridgehead atoms. The first-order valence-electron chi connectivity index (χ1n) is 21.7. The molecule has 0 radical (unpaired) electrons. The number of nitrogens with zero attached hydrogens (tertiary/aromatic N) is 3. The quantitative estimate of drug-likeness (QED) is 0.144. The SMILES string of the molecule is COCC(=O)NC(C(=O)N1CCCC1C(=O)Nc1ccc(CN(Cc2ccc(NC(=O)C3CCCN3C(=O)C(NC(=O)COC)C(C)(C)C)cc2)c2ccccc2)cc1)C(C)(C)C. The number of methoxy groups -OCH3 is 2. The smallest absolute Gasteiger partial charge is 0.247 e. The average Bonchev–Trinajstić information content (AvgIpc) is 3.94. The molecule has 0 spiro atoms. The van der Waals surface area contributed by atoms with Crippen LogP contribution in [-0.2, 0) is 51.3 Å². The molecular weight excluding hydrogens is 803 g/mol. The van der Waals surface area contributed by atoms with E-state index in [-0.39, 0.29) is 36.8 Å². The van der Waals surface area contributed by atoms with E-state index in [2.05, 4.69) is 26.2 Å². The lowest BCUT2D eigenvalue weighted by atomic mass is 9.85. The molecule has 4 unspecified atom stereocenters. The van der Waals surface area contributed by atoms with Gasteiger partial charge < -0.3 is 45.4 Å². The van der Waals surface area contributed by atoms with Gasteiger partial charge in [-0.3, -0.25) is 28.8 Å². The van der Waals surface area contributed by atoms with Crippen LogP contribution in [0.1, 0.15) is 78.4 Å². The van der Waals surface area contributed by atoms with Crippen LogP contribution in [0.2, 0.25) is 0 Å². The van der Waals surface area contributed by atoms with Crippen molar-refractivity contribution in [2.24, 2.45) is 10.8 Å². The van der Waals surface area contributed by atoms with Crippen LogP contribution in [-0.4, -0.2) is 110 Å². The topological polar surface area (TPSA) is 179 Å². The molecule has 3 aromatic carbocycles. The van der Waals surface area contributed by atoms with E-state index in [1.165, 1.54) is 14.2 Å². The largest absolute Gasteiger partial charge is 0.375 e. The minimum atomic E-state index is -0.817. The molecule has 15 heteroatoms. The van der Waals surface area contributed by atoms with Gasteiger partial charge in [-0.05, 0) is 84.0 Å². The normalized spacial score (nSPS) is 17.4. The lowest BCUT2D eigenvalue weighted by Crippen LogP contribution is -2.57. The van der Waals surface area contributed by atoms with E-state index in [0.29, 0.717) is 63.2 Å². The number of hydrogen-bond acceptors (Lipinski definition) is 9. The summed E-state index contributed by atoms with van der Waals surface area (Å²) in [6, 6.07) is 22.4. The zero-order chi connectivity index (χ0) is 45.9. The van der Waals surface area contributed by atoms with Crippen molar-refractivity contribution in [1.29, 1.82) is 0 Å². The number of nitrogens with one attached hydrogen (secondary N) is 4. The van der Waals surface area contributed by atoms with Crippen molar-refractivity contribution < 1.29 is 38.2 Å². The summed E-state index contributed by atoms with van der Waals surface area (Å²) in [6.07, 6.45) is 2.40. The van der Waals surface area contributed by atoms with Crippen LogP contribution in [0.5, 0.6) is 0 Å². The maximum atomic E-state index is 13.8. The Kier molecular flexibility index (Phi) is 16.5. The van der Waals surface area contributed by atoms with Crippen molar-refractivity contribution in [2.75, 3.05) is 56.1 Å². The number of para-hydroxylation sites is 1. The second-order valence-corrected chi connectivity index (χ2v) is 18.5. The molecule has 3 aromatic rings. The van der Waals surface area contributed by atoms with Crippen molar-refractivity contribution in [3.8, 4) is 0 Å². The summed E-state index contributed by atoms with van der Waals surface area (Å²) in [5.41, 5.74) is 3.11. The highest BCUT2D eigenvalue weighted by Crippen LogP contribution is 2.29. The van der Waals surface area contributed by atoms with Gasteiger partial charge in [0.2, 0.25) is 35.4 Å². The number of likely N-dealkylation sites (tertiary alicyclic amines) is 2. The van der Waals surface area contributed by atoms with Crippen LogP contribution < -0.4 is 26.2 Å². The molecule has 6 amide bonds. The number of carbonyl (C=O) groups excluding carboxylic acids is 6. The van der Waals surface area contributed by atoms with E-state index in [1.807, 2.05) is 120 Å². The molecule has 63 heavy (non-hydrogen) atoms. The van der Waals surface area contributed by atoms with Crippen LogP contribution >= 0.6 is 0 Å². The maximum Gasteiger partial charge on any atom is 0.247 e. The first-order chi connectivity index (χ1) is 29.9. The van der Waals surface area contributed by atoms with Gasteiger partial charge in [0, 0.05) is 57.5 Å². The Hall–Kier alpha value is -5.80. The van der Waals surface area contributed by atoms with Crippen molar-refractivity contribution in [1.82, 2.24) is 20.4 Å². The highest BCUT2D eigenvalue weighted by Gasteiger charge is 2.43. The molecule has 4 atom stereocenters. The Labute approximate surface area is 371 Å². The average molecular weight is 868 g/mol. The van der Waals surface area contributed by atoms with Crippen LogP contribution in [0.4, 0.5) is 17.1 Å². The highest BCUT2D eigenvalue weighted by molar-refractivity contribution is 6.00. The van der Waals surface area contributed by atoms with Crippen molar-refractivity contribution in [3.63, 3.8) is 0 Å². The van der Waals surface area contributed by atoms with E-state index in [1.54, 1.807) is 9.80 Å². The molecular formula is C48H65N7O8. The summed E-state index contributed by atoms with van der Waals surface area (Å²) in [5, 5.41) is 11.6. The molecule has 2 aliphatic rings. The Morgan fingerprint density at radius 1 is 0.603 bits per heavy atom. The number of hydrogen-bond donors (Lipinski definition) is 4. The van der Waals surface area contributed by atoms with E-state index in [4.69, 9.17) is 9.47 Å². The van der Waals surface area contributed by atoms with Crippen LogP contribution in [0.15, 0.2) is 78.9 Å². The molecule has 2 aliphatic heterocycles. The van der Waals surface area contributed by atoms with Crippen molar-refractivity contribution in [3.05, 3.63) is 90.0 Å². The molecule has 340 valence electrons. The highest BCUT2D eigenvalue weighted by atomic mass is 16.5. The first-order valence-corrected chi connectivity index (χ1v) is 21.7. The predicted molar refractivity (Wildman–Crippen MR) is 242 cm³/mol. The molecule has 0 saturated carbocycles. The summed E-state index contributed by atoms with van der Waals surface area (Å²) in [7, 11) is 2.84. The Bertz CT molecular complexity index is 1920. The minimum Gasteiger partial charge on any atom is -0.375 e. The fourth-order valence-corrected chi connectivity index (χ4v) is 8.06. The number of amides is 6. The number of benzene rings is 3. The summed E-state index contributed by atoms with van der Waals surface area (Å²) in [6.45, 7) is 12.9. The van der Waals surface area contributed by atoms with Gasteiger partial charge in [0.1, 0.15) is 37.4 Å². The van der Waals surface area contributed by atoms with E-state index < -0.39 is 46.8 Å². The predicted octanol–water partition coefficient (Wildman–Crippen LogP) is 5.11. The van der Waals surface area contributed by atoms with Gasteiger partial charge >= 0.3 is 0 Å². The third kappa shape index (κ3) is 13.1. The van der Waals surface area contributed by atoms with E-state index in [9.17, 15) is 28.8 Å². The monoisotopic (exact) mass is 867 g/mol. The van der Waals surface area contributed by atoms with Gasteiger partial charge in [-0.25, -0.2) is 0 Å². The number of ether oxygens (including phenoxy) is 2. The molecule has 4 N–H and O–H groups in total. The number of anilines is 3. The van der Waals surface area contributed by atoms with E-state index in [0.717, 1.165) is 16.8 Å². The molecule has 15 nitrogen and oxygen atoms in total. The standard InChI is InChI=1S/C48H65N7O8/c1-47(2,3)41(51-39(56)30-62-7)45(60)54-26-12-16-37(54)43(58)49-34-22-18-32(19-23-34)28-53(36-14-10-9-11-15-36)29-33-20-24-35(25-21-33)50-44(59)38-17-13-27-55(38)46(61)42(48(4,5)6)52-40(57)31-63-8/h9-11,14-15,18-25,37-38,41-42H,12-13,16-17,26-31H2,1-8H3,(H,49,58)(H,50,59)(H,51,56)(H,52,57). The van der Waals surface area contributed by atoms with Crippen LogP contribution in [0.25, 0.3) is 0 Å². The maximum absolute atomic E-state index is 13.8.